The zero-order valence-corrected chi connectivity index (χ0v) is 15.9. The number of benzene rings is 2. The normalized spacial score (nSPS) is 19.6. The summed E-state index contributed by atoms with van der Waals surface area (Å²) < 4.78 is 22.0. The Morgan fingerprint density at radius 3 is 1.89 bits per heavy atom. The Morgan fingerprint density at radius 2 is 1.33 bits per heavy atom. The maximum Gasteiger partial charge on any atom is 0.210 e. The van der Waals surface area contributed by atoms with Gasteiger partial charge < -0.3 is 23.8 Å². The highest BCUT2D eigenvalue weighted by Gasteiger charge is 2.39. The molecular formula is C21H23NO5. The molecule has 2 aliphatic heterocycles. The average Bonchev–Trinajstić information content (AvgIpc) is 2.95. The van der Waals surface area contributed by atoms with Gasteiger partial charge in [0.2, 0.25) is 6.41 Å². The van der Waals surface area contributed by atoms with Crippen LogP contribution < -0.4 is 18.9 Å². The van der Waals surface area contributed by atoms with Gasteiger partial charge in [0.05, 0.1) is 34.5 Å². The molecule has 2 aromatic carbocycles. The van der Waals surface area contributed by atoms with Gasteiger partial charge in [-0.05, 0) is 52.9 Å². The second-order valence-corrected chi connectivity index (χ2v) is 6.82. The van der Waals surface area contributed by atoms with Crippen molar-refractivity contribution in [2.45, 2.75) is 18.4 Å². The number of ether oxygens (including phenoxy) is 4. The van der Waals surface area contributed by atoms with Crippen LogP contribution in [0.15, 0.2) is 24.3 Å². The lowest BCUT2D eigenvalue weighted by Crippen LogP contribution is -2.36. The fraction of sp³-hybridized carbons (Fsp3) is 0.381. The molecule has 2 bridgehead atoms. The van der Waals surface area contributed by atoms with Gasteiger partial charge in [0, 0.05) is 12.5 Å². The number of carbonyl (C=O) groups is 1. The van der Waals surface area contributed by atoms with E-state index in [0.29, 0.717) is 36.0 Å². The molecule has 142 valence electrons. The number of nitrogens with zero attached hydrogens (tertiary/aromatic N) is 1. The first-order valence-corrected chi connectivity index (χ1v) is 8.86. The van der Waals surface area contributed by atoms with Gasteiger partial charge in [0.25, 0.3) is 0 Å². The molecular weight excluding hydrogens is 346 g/mol. The molecule has 0 radical (unpaired) electrons. The number of rotatable bonds is 5. The molecule has 27 heavy (non-hydrogen) atoms. The van der Waals surface area contributed by atoms with Crippen LogP contribution >= 0.6 is 0 Å². The highest BCUT2D eigenvalue weighted by molar-refractivity contribution is 5.62. The predicted octanol–water partition coefficient (Wildman–Crippen LogP) is 2.92. The summed E-state index contributed by atoms with van der Waals surface area (Å²) in [5.74, 6) is 2.81. The number of hydrogen-bond acceptors (Lipinski definition) is 5. The fourth-order valence-electron chi connectivity index (χ4n) is 4.37. The monoisotopic (exact) mass is 369 g/mol. The molecule has 3 aliphatic rings. The van der Waals surface area contributed by atoms with Gasteiger partial charge in [0.15, 0.2) is 23.0 Å². The van der Waals surface area contributed by atoms with Gasteiger partial charge in [-0.15, -0.1) is 0 Å². The van der Waals surface area contributed by atoms with E-state index >= 15 is 0 Å². The van der Waals surface area contributed by atoms with Crippen molar-refractivity contribution in [2.24, 2.45) is 0 Å². The summed E-state index contributed by atoms with van der Waals surface area (Å²) in [7, 11) is 6.54. The summed E-state index contributed by atoms with van der Waals surface area (Å²) >= 11 is 0. The van der Waals surface area contributed by atoms with E-state index in [1.165, 1.54) is 11.1 Å². The summed E-state index contributed by atoms with van der Waals surface area (Å²) in [6.07, 6.45) is 1.66. The second kappa shape index (κ2) is 6.68. The Hall–Kier alpha value is -2.89. The number of hydrogen-bond donors (Lipinski definition) is 0. The third kappa shape index (κ3) is 2.59. The fourth-order valence-corrected chi connectivity index (χ4v) is 4.37. The van der Waals surface area contributed by atoms with Crippen LogP contribution in [-0.2, 0) is 11.2 Å². The Labute approximate surface area is 158 Å². The lowest BCUT2D eigenvalue weighted by atomic mass is 9.84. The number of fused-ring (bicyclic) bond motifs is 1. The van der Waals surface area contributed by atoms with Crippen LogP contribution in [-0.4, -0.2) is 46.3 Å². The minimum atomic E-state index is -0.0482. The third-order valence-electron chi connectivity index (χ3n) is 5.69. The summed E-state index contributed by atoms with van der Waals surface area (Å²) in [4.78, 5) is 13.7. The van der Waals surface area contributed by atoms with Crippen LogP contribution in [0.25, 0.3) is 0 Å². The summed E-state index contributed by atoms with van der Waals surface area (Å²) in [5.41, 5.74) is 4.60. The molecule has 2 heterocycles. The molecule has 6 heteroatoms. The molecule has 0 saturated carbocycles. The molecule has 0 N–H and O–H groups in total. The van der Waals surface area contributed by atoms with Gasteiger partial charge in [-0.25, -0.2) is 0 Å². The summed E-state index contributed by atoms with van der Waals surface area (Å²) in [6, 6.07) is 8.06. The van der Waals surface area contributed by atoms with Gasteiger partial charge in [-0.1, -0.05) is 0 Å². The van der Waals surface area contributed by atoms with Gasteiger partial charge in [0.1, 0.15) is 0 Å². The highest BCUT2D eigenvalue weighted by atomic mass is 16.5. The Kier molecular flexibility index (Phi) is 4.34. The molecule has 0 spiro atoms. The van der Waals surface area contributed by atoms with Crippen molar-refractivity contribution < 1.29 is 23.7 Å². The molecule has 0 saturated heterocycles. The molecule has 2 atom stereocenters. The molecule has 2 aromatic rings. The van der Waals surface area contributed by atoms with Crippen LogP contribution in [0.4, 0.5) is 0 Å². The van der Waals surface area contributed by atoms with Crippen LogP contribution in [0, 0.1) is 0 Å². The van der Waals surface area contributed by atoms with Crippen molar-refractivity contribution in [3.63, 3.8) is 0 Å². The van der Waals surface area contributed by atoms with Gasteiger partial charge in [-0.2, -0.15) is 0 Å². The third-order valence-corrected chi connectivity index (χ3v) is 5.69. The van der Waals surface area contributed by atoms with E-state index in [9.17, 15) is 4.79 Å². The lowest BCUT2D eigenvalue weighted by Gasteiger charge is -2.36. The summed E-state index contributed by atoms with van der Waals surface area (Å²) in [5, 5.41) is 0. The first-order chi connectivity index (χ1) is 13.1. The predicted molar refractivity (Wildman–Crippen MR) is 100 cm³/mol. The molecule has 0 aromatic heterocycles. The van der Waals surface area contributed by atoms with E-state index in [2.05, 4.69) is 0 Å². The van der Waals surface area contributed by atoms with Crippen molar-refractivity contribution in [3.05, 3.63) is 46.5 Å². The molecule has 0 fully saturated rings. The highest BCUT2D eigenvalue weighted by Crippen LogP contribution is 2.50. The average molecular weight is 369 g/mol. The molecule has 5 rings (SSSR count). The number of carbonyl (C=O) groups excluding carboxylic acids is 1. The molecule has 6 nitrogen and oxygen atoms in total. The lowest BCUT2D eigenvalue weighted by molar-refractivity contribution is -0.120. The molecule has 1 amide bonds. The topological polar surface area (TPSA) is 57.2 Å². The minimum absolute atomic E-state index is 0.0403. The Morgan fingerprint density at radius 1 is 0.815 bits per heavy atom. The first-order valence-electron chi connectivity index (χ1n) is 8.86. The Balaban J connectivity index is 1.96. The van der Waals surface area contributed by atoms with Crippen molar-refractivity contribution >= 4 is 6.41 Å². The zero-order valence-electron chi connectivity index (χ0n) is 15.9. The quantitative estimate of drug-likeness (QED) is 0.759. The molecule has 0 unspecified atom stereocenters. The van der Waals surface area contributed by atoms with Crippen LogP contribution in [0.5, 0.6) is 23.0 Å². The smallest absolute Gasteiger partial charge is 0.210 e. The van der Waals surface area contributed by atoms with E-state index in [4.69, 9.17) is 18.9 Å². The maximum atomic E-state index is 11.8. The van der Waals surface area contributed by atoms with E-state index in [1.807, 2.05) is 29.2 Å². The van der Waals surface area contributed by atoms with E-state index in [1.54, 1.807) is 28.4 Å². The number of amides is 1. The van der Waals surface area contributed by atoms with Gasteiger partial charge in [-0.3, -0.25) is 4.79 Å². The molecule has 1 aliphatic carbocycles. The second-order valence-electron chi connectivity index (χ2n) is 6.82. The van der Waals surface area contributed by atoms with Crippen molar-refractivity contribution in [3.8, 4) is 23.0 Å². The van der Waals surface area contributed by atoms with Crippen molar-refractivity contribution in [1.82, 2.24) is 4.90 Å². The Bertz CT molecular complexity index is 895. The van der Waals surface area contributed by atoms with Crippen LogP contribution in [0.3, 0.4) is 0 Å². The first kappa shape index (κ1) is 17.5. The van der Waals surface area contributed by atoms with E-state index < -0.39 is 0 Å². The zero-order chi connectivity index (χ0) is 19.1. The van der Waals surface area contributed by atoms with E-state index in [0.717, 1.165) is 17.5 Å². The maximum absolute atomic E-state index is 11.8. The van der Waals surface area contributed by atoms with Crippen molar-refractivity contribution in [1.29, 1.82) is 0 Å². The van der Waals surface area contributed by atoms with Gasteiger partial charge >= 0.3 is 0 Å². The summed E-state index contributed by atoms with van der Waals surface area (Å²) in [6.45, 7) is 0.624. The van der Waals surface area contributed by atoms with E-state index in [-0.39, 0.29) is 12.0 Å². The SMILES string of the molecule is COc1cc2c(cc1OC)[C@H]1CN(C=O)[C@@H](C2)c2cc(OC)c(OC)cc21. The standard InChI is InChI=1S/C21H23NO5/c1-24-18-6-12-5-17-15-9-21(27-4)20(26-3)8-14(15)16(10-22(17)11-23)13(12)7-19(18)25-2/h6-9,11,16-17H,5,10H2,1-4H3/t16-,17+/m1/s1. The van der Waals surface area contributed by atoms with Crippen LogP contribution in [0.2, 0.25) is 0 Å². The van der Waals surface area contributed by atoms with Crippen molar-refractivity contribution in [2.75, 3.05) is 35.0 Å². The van der Waals surface area contributed by atoms with Crippen LogP contribution in [0.1, 0.15) is 34.2 Å². The largest absolute Gasteiger partial charge is 0.493 e. The number of methoxy groups -OCH3 is 4. The minimum Gasteiger partial charge on any atom is -0.493 e.